The molecule has 3 aromatic heterocycles. The summed E-state index contributed by atoms with van der Waals surface area (Å²) in [4.78, 5) is 36.8. The van der Waals surface area contributed by atoms with E-state index in [1.165, 1.54) is 29.2 Å². The van der Waals surface area contributed by atoms with Crippen molar-refractivity contribution in [1.82, 2.24) is 34.5 Å². The molecule has 0 bridgehead atoms. The number of piperazine rings is 1. The Balaban J connectivity index is 1.29. The highest BCUT2D eigenvalue weighted by Crippen LogP contribution is 2.31. The number of rotatable bonds is 7. The zero-order valence-corrected chi connectivity index (χ0v) is 22.1. The second-order valence-corrected chi connectivity index (χ2v) is 10.1. The lowest BCUT2D eigenvalue weighted by molar-refractivity contribution is 0.0566. The van der Waals surface area contributed by atoms with Crippen LogP contribution in [0.3, 0.4) is 0 Å². The fourth-order valence-corrected chi connectivity index (χ4v) is 5.70. The molecule has 2 amide bonds. The summed E-state index contributed by atoms with van der Waals surface area (Å²) in [5.74, 6) is 0.361. The van der Waals surface area contributed by atoms with Crippen molar-refractivity contribution >= 4 is 35.1 Å². The van der Waals surface area contributed by atoms with E-state index >= 15 is 0 Å². The molecule has 13 heteroatoms. The molecule has 1 aliphatic heterocycles. The van der Waals surface area contributed by atoms with Crippen molar-refractivity contribution in [3.63, 3.8) is 0 Å². The Bertz CT molecular complexity index is 1420. The van der Waals surface area contributed by atoms with Crippen LogP contribution < -0.4 is 0 Å². The molecule has 38 heavy (non-hydrogen) atoms. The van der Waals surface area contributed by atoms with E-state index in [0.29, 0.717) is 60.9 Å². The van der Waals surface area contributed by atoms with Crippen LogP contribution in [0.5, 0.6) is 0 Å². The Hall–Kier alpha value is -3.84. The summed E-state index contributed by atoms with van der Waals surface area (Å²) in [6, 6.07) is 10.0. The van der Waals surface area contributed by atoms with E-state index in [-0.39, 0.29) is 12.0 Å². The fourth-order valence-electron chi connectivity index (χ4n) is 3.97. The van der Waals surface area contributed by atoms with Gasteiger partial charge in [0.2, 0.25) is 0 Å². The molecule has 1 saturated heterocycles. The van der Waals surface area contributed by atoms with Crippen LogP contribution in [0.1, 0.15) is 22.4 Å². The van der Waals surface area contributed by atoms with Crippen molar-refractivity contribution in [3.05, 3.63) is 70.7 Å². The quantitative estimate of drug-likeness (QED) is 0.315. The van der Waals surface area contributed by atoms with E-state index in [1.54, 1.807) is 69.4 Å². The van der Waals surface area contributed by atoms with E-state index in [2.05, 4.69) is 20.2 Å². The SMILES string of the molecule is CCOC(=O)N1CCN(C(=O)c2csc(CSc3nnc(-c4ccncc4)n3-c3ccccc3F)n2)CC1. The van der Waals surface area contributed by atoms with Gasteiger partial charge in [-0.2, -0.15) is 0 Å². The van der Waals surface area contributed by atoms with Gasteiger partial charge in [0.05, 0.1) is 18.0 Å². The van der Waals surface area contributed by atoms with E-state index in [9.17, 15) is 14.0 Å². The summed E-state index contributed by atoms with van der Waals surface area (Å²) >= 11 is 2.74. The van der Waals surface area contributed by atoms with Gasteiger partial charge in [0, 0.05) is 49.5 Å². The van der Waals surface area contributed by atoms with E-state index < -0.39 is 5.82 Å². The molecule has 1 aromatic carbocycles. The van der Waals surface area contributed by atoms with E-state index in [1.807, 2.05) is 0 Å². The van der Waals surface area contributed by atoms with Gasteiger partial charge in [-0.05, 0) is 31.2 Å². The predicted molar refractivity (Wildman–Crippen MR) is 141 cm³/mol. The van der Waals surface area contributed by atoms with Crippen molar-refractivity contribution in [2.75, 3.05) is 32.8 Å². The van der Waals surface area contributed by atoms with Crippen molar-refractivity contribution in [3.8, 4) is 17.1 Å². The molecule has 1 fully saturated rings. The third kappa shape index (κ3) is 5.53. The summed E-state index contributed by atoms with van der Waals surface area (Å²) in [6.07, 6.45) is 2.93. The lowest BCUT2D eigenvalue weighted by Crippen LogP contribution is -2.50. The van der Waals surface area contributed by atoms with Crippen LogP contribution in [0.25, 0.3) is 17.1 Å². The first-order chi connectivity index (χ1) is 18.5. The molecule has 4 heterocycles. The molecular formula is C25H24FN7O3S2. The lowest BCUT2D eigenvalue weighted by Gasteiger charge is -2.33. The first-order valence-electron chi connectivity index (χ1n) is 11.9. The monoisotopic (exact) mass is 553 g/mol. The number of carbonyl (C=O) groups excluding carboxylic acids is 2. The number of benzene rings is 1. The van der Waals surface area contributed by atoms with Crippen LogP contribution in [0.15, 0.2) is 59.3 Å². The van der Waals surface area contributed by atoms with Crippen LogP contribution in [-0.4, -0.2) is 79.3 Å². The van der Waals surface area contributed by atoms with Gasteiger partial charge in [-0.15, -0.1) is 21.5 Å². The van der Waals surface area contributed by atoms with Gasteiger partial charge in [0.15, 0.2) is 11.0 Å². The normalized spacial score (nSPS) is 13.5. The molecule has 0 unspecified atom stereocenters. The largest absolute Gasteiger partial charge is 0.450 e. The number of para-hydroxylation sites is 1. The topological polar surface area (TPSA) is 106 Å². The lowest BCUT2D eigenvalue weighted by atomic mass is 10.2. The Morgan fingerprint density at radius 2 is 1.79 bits per heavy atom. The molecular weight excluding hydrogens is 529 g/mol. The molecule has 1 aliphatic rings. The van der Waals surface area contributed by atoms with Gasteiger partial charge in [0.25, 0.3) is 5.91 Å². The third-order valence-electron chi connectivity index (χ3n) is 5.85. The van der Waals surface area contributed by atoms with Crippen LogP contribution in [0, 0.1) is 5.82 Å². The van der Waals surface area contributed by atoms with Crippen LogP contribution >= 0.6 is 23.1 Å². The molecule has 5 rings (SSSR count). The van der Waals surface area contributed by atoms with Gasteiger partial charge in [-0.1, -0.05) is 23.9 Å². The van der Waals surface area contributed by atoms with Crippen molar-refractivity contribution in [1.29, 1.82) is 0 Å². The Morgan fingerprint density at radius 3 is 2.53 bits per heavy atom. The number of amides is 2. The maximum atomic E-state index is 14.8. The minimum Gasteiger partial charge on any atom is -0.450 e. The molecule has 0 radical (unpaired) electrons. The number of halogens is 1. The Kier molecular flexibility index (Phi) is 7.94. The first kappa shape index (κ1) is 25.8. The Labute approximate surface area is 226 Å². The Morgan fingerprint density at radius 1 is 1.05 bits per heavy atom. The molecule has 0 saturated carbocycles. The highest BCUT2D eigenvalue weighted by atomic mass is 32.2. The summed E-state index contributed by atoms with van der Waals surface area (Å²) < 4.78 is 21.5. The van der Waals surface area contributed by atoms with Gasteiger partial charge in [0.1, 0.15) is 16.5 Å². The van der Waals surface area contributed by atoms with Crippen molar-refractivity contribution in [2.24, 2.45) is 0 Å². The smallest absolute Gasteiger partial charge is 0.409 e. The van der Waals surface area contributed by atoms with Gasteiger partial charge in [-0.3, -0.25) is 14.3 Å². The number of thiazole rings is 1. The summed E-state index contributed by atoms with van der Waals surface area (Å²) in [5, 5.41) is 11.6. The van der Waals surface area contributed by atoms with E-state index in [4.69, 9.17) is 4.74 Å². The van der Waals surface area contributed by atoms with E-state index in [0.717, 1.165) is 10.6 Å². The minimum atomic E-state index is -0.394. The molecule has 10 nitrogen and oxygen atoms in total. The average Bonchev–Trinajstić information content (AvgIpc) is 3.60. The number of pyridine rings is 1. The molecule has 4 aromatic rings. The van der Waals surface area contributed by atoms with Gasteiger partial charge in [-0.25, -0.2) is 14.2 Å². The fraction of sp³-hybridized carbons (Fsp3) is 0.280. The second kappa shape index (κ2) is 11.7. The predicted octanol–water partition coefficient (Wildman–Crippen LogP) is 4.13. The zero-order valence-electron chi connectivity index (χ0n) is 20.5. The van der Waals surface area contributed by atoms with Crippen molar-refractivity contribution in [2.45, 2.75) is 17.8 Å². The van der Waals surface area contributed by atoms with Gasteiger partial charge >= 0.3 is 6.09 Å². The standard InChI is InChI=1S/C25H24FN7O3S2/c1-2-36-25(35)32-13-11-31(12-14-32)23(34)19-15-37-21(28-19)16-38-24-30-29-22(17-7-9-27-10-8-17)33(24)20-6-4-3-5-18(20)26/h3-10,15H,2,11-14,16H2,1H3. The summed E-state index contributed by atoms with van der Waals surface area (Å²) in [6.45, 7) is 3.76. The highest BCUT2D eigenvalue weighted by molar-refractivity contribution is 7.98. The van der Waals surface area contributed by atoms with Crippen molar-refractivity contribution < 1.29 is 18.7 Å². The first-order valence-corrected chi connectivity index (χ1v) is 13.8. The third-order valence-corrected chi connectivity index (χ3v) is 7.83. The minimum absolute atomic E-state index is 0.171. The highest BCUT2D eigenvalue weighted by Gasteiger charge is 2.27. The number of hydrogen-bond donors (Lipinski definition) is 0. The molecule has 0 spiro atoms. The molecule has 0 aliphatic carbocycles. The van der Waals surface area contributed by atoms with Crippen LogP contribution in [0.2, 0.25) is 0 Å². The second-order valence-electron chi connectivity index (χ2n) is 8.22. The number of ether oxygens (including phenoxy) is 1. The molecule has 0 N–H and O–H groups in total. The summed E-state index contributed by atoms with van der Waals surface area (Å²) in [7, 11) is 0. The molecule has 196 valence electrons. The summed E-state index contributed by atoms with van der Waals surface area (Å²) in [5.41, 5.74) is 1.46. The maximum Gasteiger partial charge on any atom is 0.409 e. The van der Waals surface area contributed by atoms with Gasteiger partial charge < -0.3 is 14.5 Å². The maximum absolute atomic E-state index is 14.8. The number of nitrogens with zero attached hydrogens (tertiary/aromatic N) is 7. The number of thioether (sulfide) groups is 1. The number of aromatic nitrogens is 5. The molecule has 0 atom stereocenters. The zero-order chi connectivity index (χ0) is 26.5. The number of hydrogen-bond acceptors (Lipinski definition) is 9. The number of carbonyl (C=O) groups is 2. The van der Waals surface area contributed by atoms with Crippen LogP contribution in [0.4, 0.5) is 9.18 Å². The van der Waals surface area contributed by atoms with Crippen LogP contribution in [-0.2, 0) is 10.5 Å². The average molecular weight is 554 g/mol.